The number of furan rings is 1. The summed E-state index contributed by atoms with van der Waals surface area (Å²) in [5.41, 5.74) is 6.20. The van der Waals surface area contributed by atoms with Crippen LogP contribution in [0.2, 0.25) is 0 Å². The molecule has 34 heavy (non-hydrogen) atoms. The molecule has 1 aliphatic carbocycles. The lowest BCUT2D eigenvalue weighted by molar-refractivity contribution is -0.0405. The fourth-order valence-electron chi connectivity index (χ4n) is 5.60. The molecule has 1 atom stereocenters. The second-order valence-electron chi connectivity index (χ2n) is 11.1. The first-order valence-corrected chi connectivity index (χ1v) is 12.5. The van der Waals surface area contributed by atoms with Crippen molar-refractivity contribution in [3.05, 3.63) is 52.0 Å². The lowest BCUT2D eigenvalue weighted by Crippen LogP contribution is -2.57. The second kappa shape index (κ2) is 8.46. The Bertz CT molecular complexity index is 1150. The van der Waals surface area contributed by atoms with Crippen LogP contribution in [0, 0.1) is 24.2 Å². The average Bonchev–Trinajstić information content (AvgIpc) is 3.56. The molecule has 3 heterocycles. The zero-order valence-corrected chi connectivity index (χ0v) is 21.0. The SMILES string of the molecule is Cc1ccoc1C(=O)N1CCN(c2cc(C3CC3)c3c(c2C#N)CC(C)(C)OC3)CC1C(C)C. The van der Waals surface area contributed by atoms with Crippen LogP contribution in [0.15, 0.2) is 22.8 Å². The Labute approximate surface area is 202 Å². The lowest BCUT2D eigenvalue weighted by Gasteiger charge is -2.45. The summed E-state index contributed by atoms with van der Waals surface area (Å²) in [6.45, 7) is 13.1. The van der Waals surface area contributed by atoms with Gasteiger partial charge in [-0.3, -0.25) is 4.79 Å². The Morgan fingerprint density at radius 3 is 2.62 bits per heavy atom. The molecule has 1 amide bonds. The molecule has 1 unspecified atom stereocenters. The summed E-state index contributed by atoms with van der Waals surface area (Å²) in [6, 6.07) is 6.70. The number of nitrogens with zero attached hydrogens (tertiary/aromatic N) is 3. The van der Waals surface area contributed by atoms with Gasteiger partial charge in [0, 0.05) is 31.6 Å². The van der Waals surface area contributed by atoms with Gasteiger partial charge in [-0.05, 0) is 74.3 Å². The summed E-state index contributed by atoms with van der Waals surface area (Å²) in [5.74, 6) is 1.25. The maximum atomic E-state index is 13.3. The van der Waals surface area contributed by atoms with Gasteiger partial charge in [0.1, 0.15) is 6.07 Å². The van der Waals surface area contributed by atoms with Gasteiger partial charge in [0.15, 0.2) is 5.76 Å². The minimum Gasteiger partial charge on any atom is -0.459 e. The van der Waals surface area contributed by atoms with E-state index in [1.165, 1.54) is 29.5 Å². The van der Waals surface area contributed by atoms with Crippen molar-refractivity contribution in [3.8, 4) is 6.07 Å². The van der Waals surface area contributed by atoms with Crippen molar-refractivity contribution in [2.45, 2.75) is 78.0 Å². The number of anilines is 1. The summed E-state index contributed by atoms with van der Waals surface area (Å²) in [7, 11) is 0. The fourth-order valence-corrected chi connectivity index (χ4v) is 5.60. The van der Waals surface area contributed by atoms with Crippen LogP contribution in [0.1, 0.15) is 84.8 Å². The third-order valence-electron chi connectivity index (χ3n) is 7.75. The molecular weight excluding hydrogens is 426 g/mol. The molecule has 0 radical (unpaired) electrons. The minimum absolute atomic E-state index is 0.0376. The molecule has 2 aromatic rings. The fraction of sp³-hybridized carbons (Fsp3) is 0.571. The number of ether oxygens (including phenoxy) is 1. The number of aryl methyl sites for hydroxylation is 1. The van der Waals surface area contributed by atoms with E-state index in [0.29, 0.717) is 37.9 Å². The number of nitriles is 1. The highest BCUT2D eigenvalue weighted by molar-refractivity contribution is 5.93. The topological polar surface area (TPSA) is 69.7 Å². The third-order valence-corrected chi connectivity index (χ3v) is 7.75. The Balaban J connectivity index is 1.51. The van der Waals surface area contributed by atoms with E-state index < -0.39 is 0 Å². The van der Waals surface area contributed by atoms with Gasteiger partial charge in [-0.1, -0.05) is 13.8 Å². The van der Waals surface area contributed by atoms with Gasteiger partial charge in [-0.2, -0.15) is 5.26 Å². The summed E-state index contributed by atoms with van der Waals surface area (Å²) < 4.78 is 11.7. The normalized spacial score (nSPS) is 22.0. The van der Waals surface area contributed by atoms with E-state index in [4.69, 9.17) is 9.15 Å². The number of piperazine rings is 1. The average molecular weight is 462 g/mol. The molecule has 1 saturated carbocycles. The first kappa shape index (κ1) is 23.0. The van der Waals surface area contributed by atoms with Gasteiger partial charge in [-0.25, -0.2) is 0 Å². The van der Waals surface area contributed by atoms with Crippen LogP contribution in [0.3, 0.4) is 0 Å². The molecule has 1 aromatic carbocycles. The van der Waals surface area contributed by atoms with E-state index in [1.54, 1.807) is 6.26 Å². The highest BCUT2D eigenvalue weighted by Crippen LogP contribution is 2.47. The molecular formula is C28H35N3O3. The molecule has 5 rings (SSSR count). The lowest BCUT2D eigenvalue weighted by atomic mass is 9.83. The molecule has 2 fully saturated rings. The molecule has 0 N–H and O–H groups in total. The third kappa shape index (κ3) is 4.01. The van der Waals surface area contributed by atoms with E-state index in [1.807, 2.05) is 17.9 Å². The van der Waals surface area contributed by atoms with Gasteiger partial charge in [-0.15, -0.1) is 0 Å². The van der Waals surface area contributed by atoms with Crippen LogP contribution in [0.25, 0.3) is 0 Å². The summed E-state index contributed by atoms with van der Waals surface area (Å²) in [5, 5.41) is 10.3. The van der Waals surface area contributed by atoms with Crippen LogP contribution in [-0.4, -0.2) is 42.1 Å². The Hall–Kier alpha value is -2.78. The standard InChI is InChI=1S/C28H35N3O3/c1-17(2)25-15-30(9-10-31(25)27(32)26-18(3)8-11-33-26)24-12-20(19-6-7-19)23-16-34-28(4,5)13-21(23)22(24)14-29/h8,11-12,17,19,25H,6-7,9-10,13,15-16H2,1-5H3. The van der Waals surface area contributed by atoms with Crippen LogP contribution in [0.5, 0.6) is 0 Å². The number of carbonyl (C=O) groups excluding carboxylic acids is 1. The highest BCUT2D eigenvalue weighted by atomic mass is 16.5. The van der Waals surface area contributed by atoms with Crippen molar-refractivity contribution in [2.75, 3.05) is 24.5 Å². The van der Waals surface area contributed by atoms with Crippen molar-refractivity contribution in [1.82, 2.24) is 4.90 Å². The predicted octanol–water partition coefficient (Wildman–Crippen LogP) is 5.18. The number of amides is 1. The molecule has 3 aliphatic rings. The summed E-state index contributed by atoms with van der Waals surface area (Å²) in [4.78, 5) is 17.6. The van der Waals surface area contributed by atoms with Gasteiger partial charge in [0.05, 0.1) is 35.8 Å². The molecule has 1 saturated heterocycles. The van der Waals surface area contributed by atoms with Crippen molar-refractivity contribution in [1.29, 1.82) is 5.26 Å². The van der Waals surface area contributed by atoms with Crippen LogP contribution in [0.4, 0.5) is 5.69 Å². The van der Waals surface area contributed by atoms with Crippen molar-refractivity contribution < 1.29 is 13.9 Å². The maximum absolute atomic E-state index is 13.3. The zero-order valence-electron chi connectivity index (χ0n) is 21.0. The highest BCUT2D eigenvalue weighted by Gasteiger charge is 2.39. The number of rotatable bonds is 4. The minimum atomic E-state index is -0.273. The van der Waals surface area contributed by atoms with E-state index >= 15 is 0 Å². The van der Waals surface area contributed by atoms with Gasteiger partial charge < -0.3 is 19.0 Å². The number of fused-ring (bicyclic) bond motifs is 1. The van der Waals surface area contributed by atoms with Crippen molar-refractivity contribution in [3.63, 3.8) is 0 Å². The number of hydrogen-bond acceptors (Lipinski definition) is 5. The molecule has 0 spiro atoms. The van der Waals surface area contributed by atoms with E-state index in [0.717, 1.165) is 23.2 Å². The zero-order chi connectivity index (χ0) is 24.2. The summed E-state index contributed by atoms with van der Waals surface area (Å²) >= 11 is 0. The molecule has 0 bridgehead atoms. The number of carbonyl (C=O) groups is 1. The summed E-state index contributed by atoms with van der Waals surface area (Å²) in [6.07, 6.45) is 4.75. The van der Waals surface area contributed by atoms with Gasteiger partial charge in [0.2, 0.25) is 0 Å². The first-order valence-electron chi connectivity index (χ1n) is 12.5. The Kier molecular flexibility index (Phi) is 5.72. The second-order valence-corrected chi connectivity index (χ2v) is 11.1. The molecule has 180 valence electrons. The molecule has 1 aromatic heterocycles. The van der Waals surface area contributed by atoms with E-state index in [2.05, 4.69) is 44.7 Å². The van der Waals surface area contributed by atoms with Crippen LogP contribution >= 0.6 is 0 Å². The molecule has 2 aliphatic heterocycles. The molecule has 6 heteroatoms. The largest absolute Gasteiger partial charge is 0.459 e. The van der Waals surface area contributed by atoms with E-state index in [9.17, 15) is 10.1 Å². The van der Waals surface area contributed by atoms with Gasteiger partial charge in [0.25, 0.3) is 5.91 Å². The molecule has 6 nitrogen and oxygen atoms in total. The van der Waals surface area contributed by atoms with Crippen LogP contribution < -0.4 is 4.90 Å². The predicted molar refractivity (Wildman–Crippen MR) is 131 cm³/mol. The number of hydrogen-bond donors (Lipinski definition) is 0. The number of benzene rings is 1. The van der Waals surface area contributed by atoms with Crippen LogP contribution in [-0.2, 0) is 17.8 Å². The van der Waals surface area contributed by atoms with Crippen molar-refractivity contribution >= 4 is 11.6 Å². The van der Waals surface area contributed by atoms with Crippen molar-refractivity contribution in [2.24, 2.45) is 5.92 Å². The van der Waals surface area contributed by atoms with Gasteiger partial charge >= 0.3 is 0 Å². The smallest absolute Gasteiger partial charge is 0.290 e. The monoisotopic (exact) mass is 461 g/mol. The quantitative estimate of drug-likeness (QED) is 0.628. The Morgan fingerprint density at radius 2 is 2.00 bits per heavy atom. The van der Waals surface area contributed by atoms with E-state index in [-0.39, 0.29) is 23.5 Å². The maximum Gasteiger partial charge on any atom is 0.290 e. The first-order chi connectivity index (χ1) is 16.2. The Morgan fingerprint density at radius 1 is 1.24 bits per heavy atom.